The van der Waals surface area contributed by atoms with Crippen LogP contribution in [0.25, 0.3) is 0 Å². The van der Waals surface area contributed by atoms with Gasteiger partial charge in [-0.1, -0.05) is 0 Å². The number of hydrogen-bond acceptors (Lipinski definition) is 4. The lowest BCUT2D eigenvalue weighted by molar-refractivity contribution is -0.386. The van der Waals surface area contributed by atoms with Crippen LogP contribution in [0.2, 0.25) is 0 Å². The van der Waals surface area contributed by atoms with Crippen LogP contribution in [0.3, 0.4) is 0 Å². The van der Waals surface area contributed by atoms with Crippen LogP contribution < -0.4 is 5.32 Å². The minimum atomic E-state index is -1.76. The maximum atomic E-state index is 13.5. The van der Waals surface area contributed by atoms with Crippen LogP contribution in [0.5, 0.6) is 0 Å². The van der Waals surface area contributed by atoms with Crippen molar-refractivity contribution in [3.8, 4) is 0 Å². The number of hydrogen-bond donors (Lipinski definition) is 1. The van der Waals surface area contributed by atoms with E-state index in [1.807, 2.05) is 0 Å². The predicted octanol–water partition coefficient (Wildman–Crippen LogP) is 2.60. The van der Waals surface area contributed by atoms with E-state index < -0.39 is 46.3 Å². The van der Waals surface area contributed by atoms with Gasteiger partial charge in [-0.2, -0.15) is 5.10 Å². The molecule has 0 bridgehead atoms. The smallest absolute Gasteiger partial charge is 0.312 e. The van der Waals surface area contributed by atoms with Gasteiger partial charge in [0.25, 0.3) is 0 Å². The van der Waals surface area contributed by atoms with Crippen LogP contribution in [0.4, 0.5) is 28.9 Å². The SMILES string of the molecule is Cc1nn(CC(=O)Nc2c(F)c(F)cc(F)c2F)c(C)c1[N+](=O)[O-]. The van der Waals surface area contributed by atoms with Crippen molar-refractivity contribution in [1.82, 2.24) is 9.78 Å². The molecular weight excluding hydrogens is 336 g/mol. The van der Waals surface area contributed by atoms with Crippen LogP contribution >= 0.6 is 0 Å². The summed E-state index contributed by atoms with van der Waals surface area (Å²) in [4.78, 5) is 22.0. The van der Waals surface area contributed by atoms with Gasteiger partial charge in [-0.05, 0) is 13.8 Å². The lowest BCUT2D eigenvalue weighted by atomic mass is 10.2. The number of aromatic nitrogens is 2. The number of amides is 1. The molecule has 0 saturated carbocycles. The van der Waals surface area contributed by atoms with E-state index in [9.17, 15) is 32.5 Å². The van der Waals surface area contributed by atoms with Crippen molar-refractivity contribution in [2.75, 3.05) is 5.32 Å². The summed E-state index contributed by atoms with van der Waals surface area (Å²) >= 11 is 0. The minimum Gasteiger partial charge on any atom is -0.319 e. The summed E-state index contributed by atoms with van der Waals surface area (Å²) in [5, 5.41) is 16.3. The van der Waals surface area contributed by atoms with E-state index in [1.54, 1.807) is 5.32 Å². The van der Waals surface area contributed by atoms with Gasteiger partial charge in [0.15, 0.2) is 23.3 Å². The number of rotatable bonds is 4. The Morgan fingerprint density at radius 3 is 2.25 bits per heavy atom. The topological polar surface area (TPSA) is 90.1 Å². The maximum Gasteiger partial charge on any atom is 0.312 e. The fourth-order valence-electron chi connectivity index (χ4n) is 2.10. The zero-order valence-electron chi connectivity index (χ0n) is 12.4. The van der Waals surface area contributed by atoms with Gasteiger partial charge >= 0.3 is 5.69 Å². The third-order valence-electron chi connectivity index (χ3n) is 3.20. The van der Waals surface area contributed by atoms with Gasteiger partial charge in [0, 0.05) is 6.07 Å². The molecule has 2 aromatic rings. The molecular formula is C13H10F4N4O3. The monoisotopic (exact) mass is 346 g/mol. The summed E-state index contributed by atoms with van der Waals surface area (Å²) in [5.74, 6) is -7.95. The standard InChI is InChI=1S/C13H10F4N4O3/c1-5-13(21(23)24)6(2)20(19-5)4-9(22)18-12-10(16)7(14)3-8(15)11(12)17/h3H,4H2,1-2H3,(H,18,22). The fourth-order valence-corrected chi connectivity index (χ4v) is 2.10. The lowest BCUT2D eigenvalue weighted by Gasteiger charge is -2.09. The van der Waals surface area contributed by atoms with E-state index >= 15 is 0 Å². The van der Waals surface area contributed by atoms with Crippen LogP contribution in [0.15, 0.2) is 6.07 Å². The Labute approximate surface area is 132 Å². The minimum absolute atomic E-state index is 0.00466. The average Bonchev–Trinajstić information content (AvgIpc) is 2.75. The molecule has 1 heterocycles. The van der Waals surface area contributed by atoms with Gasteiger partial charge in [-0.25, -0.2) is 17.6 Å². The van der Waals surface area contributed by atoms with Crippen molar-refractivity contribution in [2.24, 2.45) is 0 Å². The molecule has 1 aromatic heterocycles. The van der Waals surface area contributed by atoms with E-state index in [1.165, 1.54) is 13.8 Å². The van der Waals surface area contributed by atoms with Crippen molar-refractivity contribution < 1.29 is 27.3 Å². The second kappa shape index (κ2) is 6.26. The summed E-state index contributed by atoms with van der Waals surface area (Å²) in [6, 6.07) is 0.00466. The molecule has 0 atom stereocenters. The normalized spacial score (nSPS) is 10.8. The van der Waals surface area contributed by atoms with Crippen molar-refractivity contribution in [2.45, 2.75) is 20.4 Å². The molecule has 0 aliphatic rings. The Balaban J connectivity index is 2.28. The number of nitrogens with one attached hydrogen (secondary N) is 1. The summed E-state index contributed by atoms with van der Waals surface area (Å²) in [6.45, 7) is 2.03. The van der Waals surface area contributed by atoms with Crippen molar-refractivity contribution in [1.29, 1.82) is 0 Å². The van der Waals surface area contributed by atoms with Gasteiger partial charge in [0.2, 0.25) is 5.91 Å². The highest BCUT2D eigenvalue weighted by atomic mass is 19.2. The molecule has 2 rings (SSSR count). The first-order chi connectivity index (χ1) is 11.1. The van der Waals surface area contributed by atoms with Crippen molar-refractivity contribution >= 4 is 17.3 Å². The zero-order valence-corrected chi connectivity index (χ0v) is 12.4. The summed E-state index contributed by atoms with van der Waals surface area (Å²) in [5.41, 5.74) is -1.51. The molecule has 0 aliphatic carbocycles. The van der Waals surface area contributed by atoms with Crippen LogP contribution in [-0.2, 0) is 11.3 Å². The highest BCUT2D eigenvalue weighted by Gasteiger charge is 2.24. The Bertz CT molecular complexity index is 824. The first-order valence-electron chi connectivity index (χ1n) is 6.44. The molecule has 24 heavy (non-hydrogen) atoms. The largest absolute Gasteiger partial charge is 0.319 e. The Kier molecular flexibility index (Phi) is 4.53. The molecule has 11 heteroatoms. The summed E-state index contributed by atoms with van der Waals surface area (Å²) < 4.78 is 54.1. The maximum absolute atomic E-state index is 13.5. The number of carbonyl (C=O) groups is 1. The molecule has 1 amide bonds. The van der Waals surface area contributed by atoms with E-state index in [-0.39, 0.29) is 23.1 Å². The first-order valence-corrected chi connectivity index (χ1v) is 6.44. The Morgan fingerprint density at radius 2 is 1.79 bits per heavy atom. The van der Waals surface area contributed by atoms with Crippen LogP contribution in [0, 0.1) is 47.2 Å². The molecule has 1 N–H and O–H groups in total. The number of nitro groups is 1. The Morgan fingerprint density at radius 1 is 1.25 bits per heavy atom. The summed E-state index contributed by atoms with van der Waals surface area (Å²) in [6.07, 6.45) is 0. The number of nitrogens with zero attached hydrogens (tertiary/aromatic N) is 3. The molecule has 0 unspecified atom stereocenters. The number of anilines is 1. The van der Waals surface area contributed by atoms with Crippen LogP contribution in [-0.4, -0.2) is 20.6 Å². The molecule has 0 radical (unpaired) electrons. The third kappa shape index (κ3) is 3.05. The van der Waals surface area contributed by atoms with E-state index in [2.05, 4.69) is 5.10 Å². The lowest BCUT2D eigenvalue weighted by Crippen LogP contribution is -2.22. The van der Waals surface area contributed by atoms with Gasteiger partial charge in [0.1, 0.15) is 23.6 Å². The van der Waals surface area contributed by atoms with E-state index in [0.717, 1.165) is 4.68 Å². The fraction of sp³-hybridized carbons (Fsp3) is 0.231. The number of aryl methyl sites for hydroxylation is 1. The Hall–Kier alpha value is -2.98. The zero-order chi connectivity index (χ0) is 18.2. The van der Waals surface area contributed by atoms with Gasteiger partial charge in [-0.3, -0.25) is 19.6 Å². The molecule has 128 valence electrons. The predicted molar refractivity (Wildman–Crippen MR) is 73.3 cm³/mol. The van der Waals surface area contributed by atoms with Crippen molar-refractivity contribution in [3.63, 3.8) is 0 Å². The average molecular weight is 346 g/mol. The molecule has 1 aromatic carbocycles. The molecule has 0 spiro atoms. The molecule has 0 saturated heterocycles. The number of benzene rings is 1. The summed E-state index contributed by atoms with van der Waals surface area (Å²) in [7, 11) is 0. The van der Waals surface area contributed by atoms with E-state index in [0.29, 0.717) is 0 Å². The van der Waals surface area contributed by atoms with Crippen LogP contribution in [0.1, 0.15) is 11.4 Å². The second-order valence-electron chi connectivity index (χ2n) is 4.83. The highest BCUT2D eigenvalue weighted by molar-refractivity contribution is 5.90. The quantitative estimate of drug-likeness (QED) is 0.399. The molecule has 0 fully saturated rings. The van der Waals surface area contributed by atoms with Gasteiger partial charge in [0.05, 0.1) is 4.92 Å². The second-order valence-corrected chi connectivity index (χ2v) is 4.83. The highest BCUT2D eigenvalue weighted by Crippen LogP contribution is 2.25. The van der Waals surface area contributed by atoms with Crippen molar-refractivity contribution in [3.05, 3.63) is 50.8 Å². The molecule has 0 aliphatic heterocycles. The van der Waals surface area contributed by atoms with E-state index in [4.69, 9.17) is 0 Å². The van der Waals surface area contributed by atoms with Gasteiger partial charge in [-0.15, -0.1) is 0 Å². The van der Waals surface area contributed by atoms with Gasteiger partial charge < -0.3 is 5.32 Å². The third-order valence-corrected chi connectivity index (χ3v) is 3.20. The first kappa shape index (κ1) is 17.4. The molecule has 7 nitrogen and oxygen atoms in total. The number of halogens is 4. The number of carbonyl (C=O) groups excluding carboxylic acids is 1.